The van der Waals surface area contributed by atoms with E-state index in [-0.39, 0.29) is 11.9 Å². The van der Waals surface area contributed by atoms with Crippen LogP contribution in [0.1, 0.15) is 25.3 Å². The number of amides is 1. The first kappa shape index (κ1) is 11.9. The summed E-state index contributed by atoms with van der Waals surface area (Å²) in [6.07, 6.45) is 1.77. The zero-order valence-electron chi connectivity index (χ0n) is 10.9. The molecule has 1 heterocycles. The van der Waals surface area contributed by atoms with Gasteiger partial charge in [0.15, 0.2) is 0 Å². The van der Waals surface area contributed by atoms with Crippen molar-refractivity contribution in [2.24, 2.45) is 4.99 Å². The van der Waals surface area contributed by atoms with E-state index in [9.17, 15) is 4.79 Å². The molecule has 1 atom stereocenters. The summed E-state index contributed by atoms with van der Waals surface area (Å²) in [4.78, 5) is 16.3. The number of hydrogen-bond acceptors (Lipinski definition) is 2. The topological polar surface area (TPSA) is 41.5 Å². The molecule has 0 saturated carbocycles. The van der Waals surface area contributed by atoms with E-state index in [1.165, 1.54) is 5.39 Å². The van der Waals surface area contributed by atoms with Crippen molar-refractivity contribution in [2.45, 2.75) is 25.8 Å². The summed E-state index contributed by atoms with van der Waals surface area (Å²) in [5, 5.41) is 5.24. The summed E-state index contributed by atoms with van der Waals surface area (Å²) in [5.74, 6) is 0.721. The second-order valence-electron chi connectivity index (χ2n) is 4.83. The SMILES string of the molecule is CCCC1N=C(c2ccc3ccccc3c2)NC1=O. The summed E-state index contributed by atoms with van der Waals surface area (Å²) in [7, 11) is 0. The number of nitrogens with one attached hydrogen (secondary N) is 1. The normalized spacial score (nSPS) is 18.5. The fourth-order valence-corrected chi connectivity index (χ4v) is 2.40. The Balaban J connectivity index is 1.96. The van der Waals surface area contributed by atoms with E-state index < -0.39 is 0 Å². The largest absolute Gasteiger partial charge is 0.309 e. The zero-order valence-corrected chi connectivity index (χ0v) is 10.9. The molecule has 0 radical (unpaired) electrons. The number of hydrogen-bond donors (Lipinski definition) is 1. The quantitative estimate of drug-likeness (QED) is 0.896. The van der Waals surface area contributed by atoms with Crippen molar-refractivity contribution in [3.05, 3.63) is 48.0 Å². The van der Waals surface area contributed by atoms with Gasteiger partial charge in [-0.25, -0.2) is 0 Å². The van der Waals surface area contributed by atoms with E-state index in [4.69, 9.17) is 0 Å². The van der Waals surface area contributed by atoms with Gasteiger partial charge in [-0.15, -0.1) is 0 Å². The Kier molecular flexibility index (Phi) is 3.03. The van der Waals surface area contributed by atoms with Crippen LogP contribution in [0.25, 0.3) is 10.8 Å². The third-order valence-corrected chi connectivity index (χ3v) is 3.41. The molecule has 0 saturated heterocycles. The van der Waals surface area contributed by atoms with Gasteiger partial charge in [-0.05, 0) is 23.3 Å². The molecule has 1 amide bonds. The van der Waals surface area contributed by atoms with Crippen LogP contribution >= 0.6 is 0 Å². The number of benzene rings is 2. The molecule has 19 heavy (non-hydrogen) atoms. The lowest BCUT2D eigenvalue weighted by Crippen LogP contribution is -2.29. The smallest absolute Gasteiger partial charge is 0.250 e. The lowest BCUT2D eigenvalue weighted by atomic mass is 10.1. The van der Waals surface area contributed by atoms with Crippen molar-refractivity contribution >= 4 is 22.5 Å². The molecule has 0 aromatic heterocycles. The standard InChI is InChI=1S/C16H16N2O/c1-2-5-14-16(19)18-15(17-14)13-9-8-11-6-3-4-7-12(11)10-13/h3-4,6-10,14H,2,5H2,1H3,(H,17,18,19). The number of carbonyl (C=O) groups is 1. The predicted molar refractivity (Wildman–Crippen MR) is 77.3 cm³/mol. The van der Waals surface area contributed by atoms with Crippen LogP contribution < -0.4 is 5.32 Å². The van der Waals surface area contributed by atoms with E-state index >= 15 is 0 Å². The van der Waals surface area contributed by atoms with Gasteiger partial charge in [-0.1, -0.05) is 49.7 Å². The highest BCUT2D eigenvalue weighted by Crippen LogP contribution is 2.18. The van der Waals surface area contributed by atoms with Crippen LogP contribution in [-0.4, -0.2) is 17.8 Å². The lowest BCUT2D eigenvalue weighted by Gasteiger charge is -2.03. The van der Waals surface area contributed by atoms with E-state index in [0.29, 0.717) is 5.84 Å². The van der Waals surface area contributed by atoms with Gasteiger partial charge >= 0.3 is 0 Å². The molecule has 1 aliphatic rings. The molecular formula is C16H16N2O. The van der Waals surface area contributed by atoms with Crippen molar-refractivity contribution in [3.8, 4) is 0 Å². The Morgan fingerprint density at radius 2 is 1.95 bits per heavy atom. The highest BCUT2D eigenvalue weighted by molar-refractivity contribution is 6.14. The molecule has 1 aliphatic heterocycles. The van der Waals surface area contributed by atoms with Crippen molar-refractivity contribution in [1.82, 2.24) is 5.32 Å². The highest BCUT2D eigenvalue weighted by atomic mass is 16.2. The number of amidine groups is 1. The molecule has 1 N–H and O–H groups in total. The van der Waals surface area contributed by atoms with Crippen LogP contribution in [0.2, 0.25) is 0 Å². The van der Waals surface area contributed by atoms with E-state index in [1.54, 1.807) is 0 Å². The minimum absolute atomic E-state index is 0.0185. The summed E-state index contributed by atoms with van der Waals surface area (Å²) < 4.78 is 0. The van der Waals surface area contributed by atoms with Crippen LogP contribution in [0.15, 0.2) is 47.5 Å². The molecule has 0 spiro atoms. The molecule has 3 heteroatoms. The summed E-state index contributed by atoms with van der Waals surface area (Å²) >= 11 is 0. The summed E-state index contributed by atoms with van der Waals surface area (Å²) in [6.45, 7) is 2.07. The van der Waals surface area contributed by atoms with Gasteiger partial charge in [0.1, 0.15) is 11.9 Å². The highest BCUT2D eigenvalue weighted by Gasteiger charge is 2.25. The zero-order chi connectivity index (χ0) is 13.2. The first-order chi connectivity index (χ1) is 9.28. The first-order valence-corrected chi connectivity index (χ1v) is 6.66. The Morgan fingerprint density at radius 1 is 1.16 bits per heavy atom. The van der Waals surface area contributed by atoms with Gasteiger partial charge < -0.3 is 5.32 Å². The van der Waals surface area contributed by atoms with E-state index in [2.05, 4.69) is 41.5 Å². The molecule has 1 unspecified atom stereocenters. The average molecular weight is 252 g/mol. The molecule has 0 bridgehead atoms. The maximum Gasteiger partial charge on any atom is 0.250 e. The Bertz CT molecular complexity index is 661. The molecule has 0 aliphatic carbocycles. The number of nitrogens with zero attached hydrogens (tertiary/aromatic N) is 1. The predicted octanol–water partition coefficient (Wildman–Crippen LogP) is 2.88. The van der Waals surface area contributed by atoms with Crippen LogP contribution in [0.3, 0.4) is 0 Å². The van der Waals surface area contributed by atoms with Crippen LogP contribution in [0.5, 0.6) is 0 Å². The van der Waals surface area contributed by atoms with Gasteiger partial charge in [0.25, 0.3) is 0 Å². The van der Waals surface area contributed by atoms with E-state index in [0.717, 1.165) is 23.8 Å². The van der Waals surface area contributed by atoms with Gasteiger partial charge in [0.2, 0.25) is 5.91 Å². The number of rotatable bonds is 3. The summed E-state index contributed by atoms with van der Waals surface area (Å²) in [6, 6.07) is 14.1. The lowest BCUT2D eigenvalue weighted by molar-refractivity contribution is -0.120. The molecule has 3 nitrogen and oxygen atoms in total. The number of aliphatic imine (C=N–C) groups is 1. The van der Waals surface area contributed by atoms with Crippen molar-refractivity contribution in [3.63, 3.8) is 0 Å². The Morgan fingerprint density at radius 3 is 2.74 bits per heavy atom. The molecule has 2 aromatic carbocycles. The van der Waals surface area contributed by atoms with Crippen LogP contribution in [-0.2, 0) is 4.79 Å². The third kappa shape index (κ3) is 2.24. The van der Waals surface area contributed by atoms with Crippen molar-refractivity contribution in [1.29, 1.82) is 0 Å². The average Bonchev–Trinajstić information content (AvgIpc) is 2.80. The maximum atomic E-state index is 11.8. The fraction of sp³-hybridized carbons (Fsp3) is 0.250. The summed E-state index contributed by atoms with van der Waals surface area (Å²) in [5.41, 5.74) is 0.977. The molecule has 0 fully saturated rings. The van der Waals surface area contributed by atoms with E-state index in [1.807, 2.05) is 18.2 Å². The van der Waals surface area contributed by atoms with Gasteiger partial charge in [-0.3, -0.25) is 9.79 Å². The number of fused-ring (bicyclic) bond motifs is 1. The van der Waals surface area contributed by atoms with Crippen LogP contribution in [0.4, 0.5) is 0 Å². The van der Waals surface area contributed by atoms with Crippen LogP contribution in [0, 0.1) is 0 Å². The van der Waals surface area contributed by atoms with Gasteiger partial charge in [-0.2, -0.15) is 0 Å². The second-order valence-corrected chi connectivity index (χ2v) is 4.83. The van der Waals surface area contributed by atoms with Gasteiger partial charge in [0, 0.05) is 5.56 Å². The minimum Gasteiger partial charge on any atom is -0.309 e. The fourth-order valence-electron chi connectivity index (χ4n) is 2.40. The molecular weight excluding hydrogens is 236 g/mol. The van der Waals surface area contributed by atoms with Crippen molar-refractivity contribution in [2.75, 3.05) is 0 Å². The number of carbonyl (C=O) groups excluding carboxylic acids is 1. The Hall–Kier alpha value is -2.16. The maximum absolute atomic E-state index is 11.8. The van der Waals surface area contributed by atoms with Gasteiger partial charge in [0.05, 0.1) is 0 Å². The third-order valence-electron chi connectivity index (χ3n) is 3.41. The second kappa shape index (κ2) is 4.84. The minimum atomic E-state index is -0.216. The van der Waals surface area contributed by atoms with Crippen molar-refractivity contribution < 1.29 is 4.79 Å². The molecule has 2 aromatic rings. The first-order valence-electron chi connectivity index (χ1n) is 6.66. The molecule has 96 valence electrons. The Labute approximate surface area is 112 Å². The monoisotopic (exact) mass is 252 g/mol. The molecule has 3 rings (SSSR count).